The van der Waals surface area contributed by atoms with Gasteiger partial charge < -0.3 is 10.3 Å². The Morgan fingerprint density at radius 2 is 2.06 bits per heavy atom. The molecule has 0 aliphatic carbocycles. The third-order valence-corrected chi connectivity index (χ3v) is 2.86. The lowest BCUT2D eigenvalue weighted by Gasteiger charge is -2.08. The van der Waals surface area contributed by atoms with Crippen LogP contribution in [0.3, 0.4) is 0 Å². The summed E-state index contributed by atoms with van der Waals surface area (Å²) in [6.07, 6.45) is 1.61. The first-order valence-corrected chi connectivity index (χ1v) is 5.52. The molecule has 0 saturated carbocycles. The van der Waals surface area contributed by atoms with Gasteiger partial charge in [-0.25, -0.2) is 0 Å². The number of para-hydroxylation sites is 1. The number of nitrogens with zero attached hydrogens (tertiary/aromatic N) is 1. The fourth-order valence-electron chi connectivity index (χ4n) is 1.96. The molecule has 0 aliphatic rings. The third kappa shape index (κ3) is 1.86. The first-order valence-electron chi connectivity index (χ1n) is 5.52. The number of pyridine rings is 1. The minimum Gasteiger partial charge on any atom is -0.330 e. The molecular weight excluding hydrogens is 200 g/mol. The van der Waals surface area contributed by atoms with E-state index in [0.29, 0.717) is 6.54 Å². The van der Waals surface area contributed by atoms with Crippen LogP contribution in [0, 0.1) is 0 Å². The van der Waals surface area contributed by atoms with E-state index in [-0.39, 0.29) is 5.56 Å². The Bertz CT molecular complexity index is 557. The molecule has 0 radical (unpaired) electrons. The second-order valence-electron chi connectivity index (χ2n) is 3.98. The average Bonchev–Trinajstić information content (AvgIpc) is 2.32. The van der Waals surface area contributed by atoms with Crippen molar-refractivity contribution in [2.75, 3.05) is 6.54 Å². The predicted molar refractivity (Wildman–Crippen MR) is 66.6 cm³/mol. The Labute approximate surface area is 94.5 Å². The molecule has 2 N–H and O–H groups in total. The molecule has 0 fully saturated rings. The topological polar surface area (TPSA) is 48.0 Å². The lowest BCUT2D eigenvalue weighted by molar-refractivity contribution is 0.799. The van der Waals surface area contributed by atoms with Gasteiger partial charge in [-0.05, 0) is 36.9 Å². The van der Waals surface area contributed by atoms with Crippen molar-refractivity contribution in [2.45, 2.75) is 12.8 Å². The van der Waals surface area contributed by atoms with E-state index < -0.39 is 0 Å². The average molecular weight is 216 g/mol. The first kappa shape index (κ1) is 10.9. The fraction of sp³-hybridized carbons (Fsp3) is 0.308. The van der Waals surface area contributed by atoms with Crippen LogP contribution in [0.25, 0.3) is 10.9 Å². The zero-order valence-electron chi connectivity index (χ0n) is 9.44. The standard InChI is InChI=1S/C13H16N2O/c1-15-12-7-3-2-5-10(12)9-11(13(15)16)6-4-8-14/h2-3,5,7,9H,4,6,8,14H2,1H3. The second kappa shape index (κ2) is 4.49. The van der Waals surface area contributed by atoms with E-state index in [2.05, 4.69) is 0 Å². The van der Waals surface area contributed by atoms with E-state index in [0.717, 1.165) is 29.3 Å². The maximum absolute atomic E-state index is 12.0. The fourth-order valence-corrected chi connectivity index (χ4v) is 1.96. The highest BCUT2D eigenvalue weighted by atomic mass is 16.1. The molecule has 0 bridgehead atoms. The van der Waals surface area contributed by atoms with E-state index in [1.807, 2.05) is 37.4 Å². The molecule has 84 valence electrons. The monoisotopic (exact) mass is 216 g/mol. The van der Waals surface area contributed by atoms with E-state index in [1.165, 1.54) is 0 Å². The Morgan fingerprint density at radius 3 is 2.81 bits per heavy atom. The van der Waals surface area contributed by atoms with E-state index >= 15 is 0 Å². The summed E-state index contributed by atoms with van der Waals surface area (Å²) < 4.78 is 1.71. The smallest absolute Gasteiger partial charge is 0.253 e. The number of hydrogen-bond acceptors (Lipinski definition) is 2. The Morgan fingerprint density at radius 1 is 1.31 bits per heavy atom. The normalized spacial score (nSPS) is 10.9. The van der Waals surface area contributed by atoms with Gasteiger partial charge in [-0.1, -0.05) is 18.2 Å². The molecule has 1 aromatic carbocycles. The number of benzene rings is 1. The summed E-state index contributed by atoms with van der Waals surface area (Å²) in [4.78, 5) is 12.0. The summed E-state index contributed by atoms with van der Waals surface area (Å²) in [7, 11) is 1.82. The van der Waals surface area contributed by atoms with Crippen LogP contribution in [0.4, 0.5) is 0 Å². The van der Waals surface area contributed by atoms with Crippen LogP contribution in [-0.2, 0) is 13.5 Å². The van der Waals surface area contributed by atoms with Crippen molar-refractivity contribution in [1.82, 2.24) is 4.57 Å². The summed E-state index contributed by atoms with van der Waals surface area (Å²) in [6.45, 7) is 0.621. The Kier molecular flexibility index (Phi) is 3.06. The molecule has 2 aromatic rings. The lowest BCUT2D eigenvalue weighted by Crippen LogP contribution is -2.21. The molecule has 1 aromatic heterocycles. The predicted octanol–water partition coefficient (Wildman–Crippen LogP) is 1.43. The van der Waals surface area contributed by atoms with Gasteiger partial charge in [0.25, 0.3) is 5.56 Å². The quantitative estimate of drug-likeness (QED) is 0.843. The zero-order valence-corrected chi connectivity index (χ0v) is 9.44. The number of aryl methyl sites for hydroxylation is 2. The van der Waals surface area contributed by atoms with Gasteiger partial charge in [-0.2, -0.15) is 0 Å². The van der Waals surface area contributed by atoms with Crippen molar-refractivity contribution in [2.24, 2.45) is 12.8 Å². The highest BCUT2D eigenvalue weighted by molar-refractivity contribution is 5.79. The van der Waals surface area contributed by atoms with Crippen molar-refractivity contribution >= 4 is 10.9 Å². The number of aromatic nitrogens is 1. The van der Waals surface area contributed by atoms with Crippen LogP contribution in [0.5, 0.6) is 0 Å². The van der Waals surface area contributed by atoms with Crippen LogP contribution in [0.2, 0.25) is 0 Å². The van der Waals surface area contributed by atoms with Gasteiger partial charge in [-0.3, -0.25) is 4.79 Å². The molecule has 0 atom stereocenters. The van der Waals surface area contributed by atoms with Gasteiger partial charge >= 0.3 is 0 Å². The molecule has 0 aliphatic heterocycles. The highest BCUT2D eigenvalue weighted by Gasteiger charge is 2.05. The van der Waals surface area contributed by atoms with E-state index in [1.54, 1.807) is 4.57 Å². The summed E-state index contributed by atoms with van der Waals surface area (Å²) in [5.41, 5.74) is 7.39. The molecule has 0 saturated heterocycles. The van der Waals surface area contributed by atoms with Crippen LogP contribution >= 0.6 is 0 Å². The molecule has 0 amide bonds. The van der Waals surface area contributed by atoms with Crippen molar-refractivity contribution in [3.05, 3.63) is 46.2 Å². The maximum Gasteiger partial charge on any atom is 0.253 e. The van der Waals surface area contributed by atoms with Crippen LogP contribution in [0.1, 0.15) is 12.0 Å². The number of nitrogens with two attached hydrogens (primary N) is 1. The summed E-state index contributed by atoms with van der Waals surface area (Å²) in [5, 5.41) is 1.11. The van der Waals surface area contributed by atoms with Crippen LogP contribution in [0.15, 0.2) is 35.1 Å². The van der Waals surface area contributed by atoms with Gasteiger partial charge in [-0.15, -0.1) is 0 Å². The highest BCUT2D eigenvalue weighted by Crippen LogP contribution is 2.12. The van der Waals surface area contributed by atoms with Crippen molar-refractivity contribution < 1.29 is 0 Å². The molecule has 2 rings (SSSR count). The summed E-state index contributed by atoms with van der Waals surface area (Å²) in [6, 6.07) is 9.90. The minimum atomic E-state index is 0.0900. The Balaban J connectivity index is 2.60. The number of rotatable bonds is 3. The second-order valence-corrected chi connectivity index (χ2v) is 3.98. The molecule has 16 heavy (non-hydrogen) atoms. The van der Waals surface area contributed by atoms with Gasteiger partial charge in [0, 0.05) is 12.6 Å². The summed E-state index contributed by atoms with van der Waals surface area (Å²) >= 11 is 0. The largest absolute Gasteiger partial charge is 0.330 e. The molecule has 3 heteroatoms. The van der Waals surface area contributed by atoms with Gasteiger partial charge in [0.1, 0.15) is 0 Å². The SMILES string of the molecule is Cn1c(=O)c(CCCN)cc2ccccc21. The van der Waals surface area contributed by atoms with Crippen molar-refractivity contribution in [3.63, 3.8) is 0 Å². The molecule has 0 spiro atoms. The molecule has 3 nitrogen and oxygen atoms in total. The minimum absolute atomic E-state index is 0.0900. The number of hydrogen-bond donors (Lipinski definition) is 1. The molecular formula is C13H16N2O. The maximum atomic E-state index is 12.0. The Hall–Kier alpha value is -1.61. The van der Waals surface area contributed by atoms with Crippen molar-refractivity contribution in [1.29, 1.82) is 0 Å². The van der Waals surface area contributed by atoms with Crippen LogP contribution < -0.4 is 11.3 Å². The third-order valence-electron chi connectivity index (χ3n) is 2.86. The number of fused-ring (bicyclic) bond motifs is 1. The molecule has 1 heterocycles. The summed E-state index contributed by atoms with van der Waals surface area (Å²) in [5.74, 6) is 0. The van der Waals surface area contributed by atoms with Gasteiger partial charge in [0.05, 0.1) is 5.52 Å². The lowest BCUT2D eigenvalue weighted by atomic mass is 10.1. The zero-order chi connectivity index (χ0) is 11.5. The van der Waals surface area contributed by atoms with E-state index in [4.69, 9.17) is 5.73 Å². The van der Waals surface area contributed by atoms with Gasteiger partial charge in [0.15, 0.2) is 0 Å². The van der Waals surface area contributed by atoms with Gasteiger partial charge in [0.2, 0.25) is 0 Å². The van der Waals surface area contributed by atoms with Crippen molar-refractivity contribution in [3.8, 4) is 0 Å². The first-order chi connectivity index (χ1) is 7.74. The van der Waals surface area contributed by atoms with Crippen LogP contribution in [-0.4, -0.2) is 11.1 Å². The van der Waals surface area contributed by atoms with E-state index in [9.17, 15) is 4.79 Å². The molecule has 0 unspecified atom stereocenters.